The second-order valence-corrected chi connectivity index (χ2v) is 8.86. The van der Waals surface area contributed by atoms with Crippen LogP contribution in [0.25, 0.3) is 6.08 Å². The summed E-state index contributed by atoms with van der Waals surface area (Å²) in [5, 5.41) is 0. The molecule has 0 aliphatic carbocycles. The van der Waals surface area contributed by atoms with Crippen LogP contribution < -0.4 is 0 Å². The molecule has 1 aliphatic heterocycles. The Kier molecular flexibility index (Phi) is 4.45. The van der Waals surface area contributed by atoms with Crippen LogP contribution in [0.5, 0.6) is 0 Å². The summed E-state index contributed by atoms with van der Waals surface area (Å²) in [5.74, 6) is 0. The van der Waals surface area contributed by atoms with Crippen molar-refractivity contribution >= 4 is 26.0 Å². The van der Waals surface area contributed by atoms with Gasteiger partial charge in [-0.05, 0) is 60.9 Å². The van der Waals surface area contributed by atoms with Gasteiger partial charge in [0.15, 0.2) is 0 Å². The lowest BCUT2D eigenvalue weighted by Crippen LogP contribution is -2.16. The fourth-order valence-electron chi connectivity index (χ4n) is 2.51. The van der Waals surface area contributed by atoms with Crippen LogP contribution in [0, 0.1) is 0 Å². The Hall–Kier alpha value is -0.610. The van der Waals surface area contributed by atoms with E-state index >= 15 is 0 Å². The van der Waals surface area contributed by atoms with Gasteiger partial charge >= 0.3 is 5.51 Å². The molecule has 1 aliphatic rings. The average Bonchev–Trinajstić information content (AvgIpc) is 2.65. The third-order valence-corrected chi connectivity index (χ3v) is 7.67. The van der Waals surface area contributed by atoms with E-state index in [0.717, 1.165) is 18.4 Å². The highest BCUT2D eigenvalue weighted by atomic mass is 35.7. The minimum Gasteiger partial charge on any atom is -0.160 e. The Bertz CT molecular complexity index is 536. The molecule has 0 N–H and O–H groups in total. The predicted octanol–water partition coefficient (Wildman–Crippen LogP) is 6.63. The number of alkyl halides is 3. The van der Waals surface area contributed by atoms with Gasteiger partial charge in [0.05, 0.1) is 0 Å². The zero-order valence-corrected chi connectivity index (χ0v) is 13.1. The molecule has 112 valence electrons. The highest BCUT2D eigenvalue weighted by Crippen LogP contribution is 2.80. The van der Waals surface area contributed by atoms with Gasteiger partial charge in [-0.25, -0.2) is 0 Å². The lowest BCUT2D eigenvalue weighted by molar-refractivity contribution is -0.0359. The predicted molar refractivity (Wildman–Crippen MR) is 81.1 cm³/mol. The minimum absolute atomic E-state index is 0.279. The van der Waals surface area contributed by atoms with Gasteiger partial charge < -0.3 is 0 Å². The van der Waals surface area contributed by atoms with E-state index < -0.39 is 14.7 Å². The lowest BCUT2D eigenvalue weighted by atomic mass is 10.1. The smallest absolute Gasteiger partial charge is 0.160 e. The Morgan fingerprint density at radius 3 is 2.30 bits per heavy atom. The minimum atomic E-state index is -4.40. The Morgan fingerprint density at radius 2 is 1.75 bits per heavy atom. The third kappa shape index (κ3) is 2.48. The van der Waals surface area contributed by atoms with Crippen LogP contribution in [0.1, 0.15) is 44.2 Å². The fraction of sp³-hybridized carbons (Fsp3) is 0.467. The molecule has 0 saturated heterocycles. The van der Waals surface area contributed by atoms with Crippen molar-refractivity contribution < 1.29 is 13.2 Å². The van der Waals surface area contributed by atoms with Crippen molar-refractivity contribution in [2.45, 2.75) is 49.9 Å². The molecule has 0 saturated carbocycles. The summed E-state index contributed by atoms with van der Waals surface area (Å²) in [7, 11) is 2.79. The van der Waals surface area contributed by atoms with E-state index in [4.69, 9.17) is 10.7 Å². The molecule has 1 heterocycles. The van der Waals surface area contributed by atoms with Crippen LogP contribution in [0.4, 0.5) is 13.2 Å². The number of aryl methyl sites for hydroxylation is 1. The monoisotopic (exact) mass is 322 g/mol. The fourth-order valence-corrected chi connectivity index (χ4v) is 5.65. The maximum atomic E-state index is 13.6. The maximum absolute atomic E-state index is 13.6. The molecule has 0 bridgehead atoms. The molecular weight excluding hydrogens is 305 g/mol. The van der Waals surface area contributed by atoms with Crippen LogP contribution in [-0.2, 0) is 6.42 Å². The Balaban J connectivity index is 2.55. The summed E-state index contributed by atoms with van der Waals surface area (Å²) in [6.45, 7) is 3.89. The summed E-state index contributed by atoms with van der Waals surface area (Å²) in [5.41, 5.74) is -2.83. The molecule has 0 nitrogen and oxygen atoms in total. The van der Waals surface area contributed by atoms with Crippen molar-refractivity contribution in [1.29, 1.82) is 0 Å². The number of fused-ring (bicyclic) bond motifs is 1. The van der Waals surface area contributed by atoms with Crippen LogP contribution in [0.15, 0.2) is 28.0 Å². The van der Waals surface area contributed by atoms with Gasteiger partial charge in [0, 0.05) is 4.90 Å². The van der Waals surface area contributed by atoms with Crippen LogP contribution >= 0.6 is 19.9 Å². The number of hydrogen-bond donors (Lipinski definition) is 0. The van der Waals surface area contributed by atoms with Gasteiger partial charge in [-0.2, -0.15) is 13.2 Å². The number of benzene rings is 1. The molecule has 1 aromatic carbocycles. The number of halogens is 4. The lowest BCUT2D eigenvalue weighted by Gasteiger charge is -2.34. The standard InChI is InChI=1S/C15H18ClF3S/c1-3-5-11-7-8-12-10-13(6-4-2)20(16,14(12)9-11)15(17,18)19/h7-10H,3-6H2,1-2H3. The second-order valence-electron chi connectivity index (χ2n) is 4.97. The van der Waals surface area contributed by atoms with E-state index in [0.29, 0.717) is 23.3 Å². The van der Waals surface area contributed by atoms with Crippen molar-refractivity contribution in [3.8, 4) is 0 Å². The van der Waals surface area contributed by atoms with E-state index in [1.54, 1.807) is 18.2 Å². The Labute approximate surface area is 123 Å². The van der Waals surface area contributed by atoms with Gasteiger partial charge in [-0.3, -0.25) is 0 Å². The number of rotatable bonds is 4. The van der Waals surface area contributed by atoms with Gasteiger partial charge in [0.25, 0.3) is 0 Å². The van der Waals surface area contributed by atoms with Gasteiger partial charge in [-0.15, -0.1) is 0 Å². The van der Waals surface area contributed by atoms with Crippen molar-refractivity contribution in [2.75, 3.05) is 0 Å². The second kappa shape index (κ2) is 5.64. The Morgan fingerprint density at radius 1 is 1.10 bits per heavy atom. The third-order valence-electron chi connectivity index (χ3n) is 3.41. The van der Waals surface area contributed by atoms with E-state index in [9.17, 15) is 13.2 Å². The highest BCUT2D eigenvalue weighted by molar-refractivity contribution is 8.54. The average molecular weight is 323 g/mol. The molecule has 0 amide bonds. The van der Waals surface area contributed by atoms with Crippen molar-refractivity contribution in [1.82, 2.24) is 0 Å². The first-order valence-corrected chi connectivity index (χ1v) is 9.23. The molecule has 0 fully saturated rings. The zero-order valence-electron chi connectivity index (χ0n) is 11.6. The zero-order chi connectivity index (χ0) is 15.0. The maximum Gasteiger partial charge on any atom is 0.445 e. The number of allylic oxidation sites excluding steroid dienone is 1. The topological polar surface area (TPSA) is 0 Å². The summed E-state index contributed by atoms with van der Waals surface area (Å²) in [6.07, 6.45) is 4.39. The molecule has 2 rings (SSSR count). The molecule has 0 spiro atoms. The summed E-state index contributed by atoms with van der Waals surface area (Å²) >= 11 is 0. The first kappa shape index (κ1) is 15.8. The molecule has 0 aromatic heterocycles. The van der Waals surface area contributed by atoms with Gasteiger partial charge in [-0.1, -0.05) is 38.8 Å². The van der Waals surface area contributed by atoms with E-state index in [-0.39, 0.29) is 4.90 Å². The molecule has 20 heavy (non-hydrogen) atoms. The normalized spacial score (nSPS) is 25.0. The van der Waals surface area contributed by atoms with Crippen molar-refractivity contribution in [2.24, 2.45) is 0 Å². The van der Waals surface area contributed by atoms with Crippen LogP contribution in [0.3, 0.4) is 0 Å². The van der Waals surface area contributed by atoms with Crippen LogP contribution in [0.2, 0.25) is 0 Å². The van der Waals surface area contributed by atoms with Crippen molar-refractivity contribution in [3.63, 3.8) is 0 Å². The SMILES string of the molecule is CCCC1=Cc2ccc(CCC)cc2S1(Cl)C(F)(F)F. The first-order chi connectivity index (χ1) is 9.34. The van der Waals surface area contributed by atoms with Gasteiger partial charge in [0.1, 0.15) is 0 Å². The molecule has 1 aromatic rings. The molecule has 1 unspecified atom stereocenters. The van der Waals surface area contributed by atoms with Gasteiger partial charge in [0.2, 0.25) is 0 Å². The van der Waals surface area contributed by atoms with E-state index in [1.165, 1.54) is 0 Å². The molecule has 1 atom stereocenters. The molecular formula is C15H18ClF3S. The summed E-state index contributed by atoms with van der Waals surface area (Å²) < 4.78 is 40.7. The first-order valence-electron chi connectivity index (χ1n) is 6.77. The van der Waals surface area contributed by atoms with Crippen molar-refractivity contribution in [3.05, 3.63) is 34.2 Å². The van der Waals surface area contributed by atoms with Crippen LogP contribution in [-0.4, -0.2) is 5.51 Å². The highest BCUT2D eigenvalue weighted by Gasteiger charge is 2.55. The van der Waals surface area contributed by atoms with E-state index in [1.807, 2.05) is 19.9 Å². The largest absolute Gasteiger partial charge is 0.445 e. The summed E-state index contributed by atoms with van der Waals surface area (Å²) in [6, 6.07) is 5.34. The summed E-state index contributed by atoms with van der Waals surface area (Å²) in [4.78, 5) is 0.624. The number of hydrogen-bond acceptors (Lipinski definition) is 0. The molecule has 0 radical (unpaired) electrons. The van der Waals surface area contributed by atoms with E-state index in [2.05, 4.69) is 0 Å². The molecule has 5 heteroatoms. The quantitative estimate of drug-likeness (QED) is 0.583.